The topological polar surface area (TPSA) is 43.8 Å². The van der Waals surface area contributed by atoms with E-state index < -0.39 is 0 Å². The summed E-state index contributed by atoms with van der Waals surface area (Å²) >= 11 is 2.30. The van der Waals surface area contributed by atoms with Crippen molar-refractivity contribution in [3.05, 3.63) is 34.0 Å². The Morgan fingerprint density at radius 3 is 2.50 bits per heavy atom. The monoisotopic (exact) mass is 353 g/mol. The van der Waals surface area contributed by atoms with Gasteiger partial charge in [-0.3, -0.25) is 4.68 Å². The highest BCUT2D eigenvalue weighted by Gasteiger charge is 2.19. The van der Waals surface area contributed by atoms with Crippen LogP contribution >= 0.6 is 22.6 Å². The van der Waals surface area contributed by atoms with Crippen molar-refractivity contribution < 1.29 is 0 Å². The number of halogens is 1. The molecule has 0 amide bonds. The minimum atomic E-state index is 0.546. The van der Waals surface area contributed by atoms with Gasteiger partial charge in [0.2, 0.25) is 0 Å². The van der Waals surface area contributed by atoms with Gasteiger partial charge in [0.1, 0.15) is 5.69 Å². The predicted octanol–water partition coefficient (Wildman–Crippen LogP) is 3.85. The third-order valence-corrected chi connectivity index (χ3v) is 4.30. The van der Waals surface area contributed by atoms with Crippen LogP contribution in [-0.4, -0.2) is 9.78 Å². The normalized spacial score (nSPS) is 16.3. The molecule has 1 heterocycles. The molecule has 2 N–H and O–H groups in total. The molecule has 94 valence electrons. The molecule has 3 rings (SSSR count). The lowest BCUT2D eigenvalue weighted by Gasteiger charge is -2.08. The van der Waals surface area contributed by atoms with E-state index in [1.165, 1.54) is 29.3 Å². The molecule has 0 unspecified atom stereocenters. The van der Waals surface area contributed by atoms with E-state index in [9.17, 15) is 0 Å². The number of hydrogen-bond acceptors (Lipinski definition) is 2. The molecule has 0 saturated heterocycles. The number of benzene rings is 1. The van der Waals surface area contributed by atoms with Gasteiger partial charge < -0.3 is 5.73 Å². The van der Waals surface area contributed by atoms with E-state index in [-0.39, 0.29) is 0 Å². The molecule has 0 aliphatic heterocycles. The van der Waals surface area contributed by atoms with Crippen LogP contribution in [0.2, 0.25) is 0 Å². The maximum Gasteiger partial charge on any atom is 0.115 e. The minimum Gasteiger partial charge on any atom is -0.396 e. The first-order chi connectivity index (χ1) is 8.74. The van der Waals surface area contributed by atoms with Crippen LogP contribution in [0.25, 0.3) is 11.3 Å². The first-order valence-corrected chi connectivity index (χ1v) is 7.42. The first-order valence-electron chi connectivity index (χ1n) is 6.34. The highest BCUT2D eigenvalue weighted by atomic mass is 127. The fraction of sp³-hybridized carbons (Fsp3) is 0.357. The van der Waals surface area contributed by atoms with E-state index >= 15 is 0 Å². The molecular formula is C14H16IN3. The zero-order valence-electron chi connectivity index (χ0n) is 10.1. The van der Waals surface area contributed by atoms with E-state index in [2.05, 4.69) is 56.6 Å². The number of anilines is 1. The van der Waals surface area contributed by atoms with Crippen LogP contribution in [-0.2, 0) is 0 Å². The first kappa shape index (κ1) is 12.0. The summed E-state index contributed by atoms with van der Waals surface area (Å²) in [5.74, 6) is 0. The largest absolute Gasteiger partial charge is 0.396 e. The summed E-state index contributed by atoms with van der Waals surface area (Å²) in [6.07, 6.45) is 7.07. The Bertz CT molecular complexity index is 539. The van der Waals surface area contributed by atoms with Crippen LogP contribution in [0.4, 0.5) is 5.69 Å². The molecule has 0 spiro atoms. The molecular weight excluding hydrogens is 337 g/mol. The fourth-order valence-corrected chi connectivity index (χ4v) is 2.95. The SMILES string of the molecule is Nc1cn(C2CCCC2)nc1-c1ccc(I)cc1. The van der Waals surface area contributed by atoms with Crippen molar-refractivity contribution in [3.63, 3.8) is 0 Å². The zero-order valence-corrected chi connectivity index (χ0v) is 12.3. The number of nitrogen functional groups attached to an aromatic ring is 1. The Balaban J connectivity index is 1.94. The lowest BCUT2D eigenvalue weighted by atomic mass is 10.1. The molecule has 1 aromatic heterocycles. The molecule has 0 radical (unpaired) electrons. The average molecular weight is 353 g/mol. The number of hydrogen-bond donors (Lipinski definition) is 1. The van der Waals surface area contributed by atoms with Gasteiger partial charge in [-0.25, -0.2) is 0 Å². The Morgan fingerprint density at radius 2 is 1.83 bits per heavy atom. The molecule has 1 fully saturated rings. The summed E-state index contributed by atoms with van der Waals surface area (Å²) in [5.41, 5.74) is 8.89. The Kier molecular flexibility index (Phi) is 3.28. The lowest BCUT2D eigenvalue weighted by Crippen LogP contribution is -2.04. The molecule has 1 aliphatic carbocycles. The Morgan fingerprint density at radius 1 is 1.17 bits per heavy atom. The van der Waals surface area contributed by atoms with Gasteiger partial charge in [0.25, 0.3) is 0 Å². The van der Waals surface area contributed by atoms with E-state index in [4.69, 9.17) is 5.73 Å². The van der Waals surface area contributed by atoms with Gasteiger partial charge in [0.15, 0.2) is 0 Å². The summed E-state index contributed by atoms with van der Waals surface area (Å²) in [6, 6.07) is 8.89. The third kappa shape index (κ3) is 2.25. The maximum absolute atomic E-state index is 6.09. The Labute approximate surface area is 121 Å². The lowest BCUT2D eigenvalue weighted by molar-refractivity contribution is 0.468. The molecule has 18 heavy (non-hydrogen) atoms. The summed E-state index contributed by atoms with van der Waals surface area (Å²) in [7, 11) is 0. The van der Waals surface area contributed by atoms with Crippen molar-refractivity contribution in [2.45, 2.75) is 31.7 Å². The summed E-state index contributed by atoms with van der Waals surface area (Å²) in [5, 5.41) is 4.68. The second-order valence-corrected chi connectivity index (χ2v) is 6.10. The van der Waals surface area contributed by atoms with E-state index in [1.54, 1.807) is 0 Å². The van der Waals surface area contributed by atoms with E-state index in [0.717, 1.165) is 16.9 Å². The van der Waals surface area contributed by atoms with Crippen molar-refractivity contribution in [2.75, 3.05) is 5.73 Å². The van der Waals surface area contributed by atoms with Crippen molar-refractivity contribution >= 4 is 28.3 Å². The highest BCUT2D eigenvalue weighted by Crippen LogP contribution is 2.32. The van der Waals surface area contributed by atoms with Gasteiger partial charge in [0, 0.05) is 15.3 Å². The van der Waals surface area contributed by atoms with Gasteiger partial charge in [-0.15, -0.1) is 0 Å². The van der Waals surface area contributed by atoms with Crippen LogP contribution < -0.4 is 5.73 Å². The average Bonchev–Trinajstić information content (AvgIpc) is 2.99. The highest BCUT2D eigenvalue weighted by molar-refractivity contribution is 14.1. The fourth-order valence-electron chi connectivity index (χ4n) is 2.59. The second-order valence-electron chi connectivity index (χ2n) is 4.86. The van der Waals surface area contributed by atoms with Gasteiger partial charge in [-0.05, 0) is 47.6 Å². The second kappa shape index (κ2) is 4.91. The van der Waals surface area contributed by atoms with Crippen molar-refractivity contribution in [3.8, 4) is 11.3 Å². The molecule has 0 atom stereocenters. The Hall–Kier alpha value is -1.04. The minimum absolute atomic E-state index is 0.546. The molecule has 1 aliphatic rings. The molecule has 2 aromatic rings. The number of rotatable bonds is 2. The van der Waals surface area contributed by atoms with Crippen LogP contribution in [0.5, 0.6) is 0 Å². The van der Waals surface area contributed by atoms with Gasteiger partial charge >= 0.3 is 0 Å². The van der Waals surface area contributed by atoms with Crippen molar-refractivity contribution in [1.29, 1.82) is 0 Å². The summed E-state index contributed by atoms with van der Waals surface area (Å²) < 4.78 is 3.29. The molecule has 0 bridgehead atoms. The molecule has 1 saturated carbocycles. The summed E-state index contributed by atoms with van der Waals surface area (Å²) in [6.45, 7) is 0. The van der Waals surface area contributed by atoms with Crippen molar-refractivity contribution in [2.24, 2.45) is 0 Å². The van der Waals surface area contributed by atoms with Crippen molar-refractivity contribution in [1.82, 2.24) is 9.78 Å². The summed E-state index contributed by atoms with van der Waals surface area (Å²) in [4.78, 5) is 0. The van der Waals surface area contributed by atoms with E-state index in [0.29, 0.717) is 6.04 Å². The standard InChI is InChI=1S/C14H16IN3/c15-11-7-5-10(6-8-11)14-13(16)9-18(17-14)12-3-1-2-4-12/h5-9,12H,1-4,16H2. The molecule has 3 nitrogen and oxygen atoms in total. The molecule has 1 aromatic carbocycles. The smallest absolute Gasteiger partial charge is 0.115 e. The van der Waals surface area contributed by atoms with Crippen LogP contribution in [0, 0.1) is 3.57 Å². The van der Waals surface area contributed by atoms with Gasteiger partial charge in [0.05, 0.1) is 11.7 Å². The maximum atomic E-state index is 6.09. The number of aromatic nitrogens is 2. The van der Waals surface area contributed by atoms with E-state index in [1.807, 2.05) is 6.20 Å². The van der Waals surface area contributed by atoms with Crippen LogP contribution in [0.1, 0.15) is 31.7 Å². The number of nitrogens with zero attached hydrogens (tertiary/aromatic N) is 2. The van der Waals surface area contributed by atoms with Gasteiger partial charge in [-0.1, -0.05) is 25.0 Å². The molecule has 4 heteroatoms. The van der Waals surface area contributed by atoms with Crippen LogP contribution in [0.3, 0.4) is 0 Å². The quantitative estimate of drug-likeness (QED) is 0.834. The zero-order chi connectivity index (χ0) is 12.5. The predicted molar refractivity (Wildman–Crippen MR) is 82.3 cm³/mol. The number of nitrogens with two attached hydrogens (primary N) is 1. The third-order valence-electron chi connectivity index (χ3n) is 3.58. The van der Waals surface area contributed by atoms with Crippen LogP contribution in [0.15, 0.2) is 30.5 Å². The van der Waals surface area contributed by atoms with Gasteiger partial charge in [-0.2, -0.15) is 5.10 Å².